The molecule has 1 aliphatic heterocycles. The van der Waals surface area contributed by atoms with Crippen molar-refractivity contribution in [2.75, 3.05) is 26.2 Å². The van der Waals surface area contributed by atoms with E-state index >= 15 is 0 Å². The number of aliphatic hydroxyl groups is 1. The fourth-order valence-corrected chi connectivity index (χ4v) is 2.73. The van der Waals surface area contributed by atoms with Gasteiger partial charge in [0.1, 0.15) is 0 Å². The van der Waals surface area contributed by atoms with Crippen LogP contribution in [-0.2, 0) is 0 Å². The van der Waals surface area contributed by atoms with Gasteiger partial charge >= 0.3 is 0 Å². The van der Waals surface area contributed by atoms with Crippen molar-refractivity contribution in [1.29, 1.82) is 0 Å². The summed E-state index contributed by atoms with van der Waals surface area (Å²) in [6, 6.07) is 0. The first-order chi connectivity index (χ1) is 7.51. The van der Waals surface area contributed by atoms with Crippen molar-refractivity contribution in [3.05, 3.63) is 0 Å². The van der Waals surface area contributed by atoms with E-state index in [1.165, 1.54) is 6.42 Å². The zero-order valence-corrected chi connectivity index (χ0v) is 11.1. The standard InChI is InChI=1S/C13H28N2O/c1-4-8-15-9-6-13(16,7-10-15)12(3,5-2)11-14/h16H,4-11,14H2,1-3H3. The van der Waals surface area contributed by atoms with Crippen LogP contribution in [0.3, 0.4) is 0 Å². The summed E-state index contributed by atoms with van der Waals surface area (Å²) < 4.78 is 0. The molecule has 0 aromatic carbocycles. The molecule has 0 aromatic rings. The molecule has 1 saturated heterocycles. The predicted molar refractivity (Wildman–Crippen MR) is 68.4 cm³/mol. The molecule has 3 heteroatoms. The van der Waals surface area contributed by atoms with Gasteiger partial charge < -0.3 is 15.7 Å². The molecule has 1 heterocycles. The molecule has 0 radical (unpaired) electrons. The number of likely N-dealkylation sites (tertiary alicyclic amines) is 1. The van der Waals surface area contributed by atoms with Gasteiger partial charge in [-0.05, 0) is 32.2 Å². The minimum absolute atomic E-state index is 0.120. The highest BCUT2D eigenvalue weighted by Crippen LogP contribution is 2.41. The van der Waals surface area contributed by atoms with Crippen LogP contribution in [0.25, 0.3) is 0 Å². The Balaban J connectivity index is 2.61. The molecule has 0 aliphatic carbocycles. The van der Waals surface area contributed by atoms with Crippen molar-refractivity contribution in [2.45, 2.75) is 52.1 Å². The lowest BCUT2D eigenvalue weighted by atomic mass is 9.67. The van der Waals surface area contributed by atoms with Crippen LogP contribution < -0.4 is 5.73 Å². The number of nitrogens with two attached hydrogens (primary N) is 1. The van der Waals surface area contributed by atoms with Crippen LogP contribution >= 0.6 is 0 Å². The first-order valence-corrected chi connectivity index (χ1v) is 6.66. The third-order valence-electron chi connectivity index (χ3n) is 4.58. The van der Waals surface area contributed by atoms with E-state index in [9.17, 15) is 5.11 Å². The Kier molecular flexibility index (Phi) is 4.77. The first-order valence-electron chi connectivity index (χ1n) is 6.66. The molecule has 0 spiro atoms. The molecule has 1 aliphatic rings. The number of hydrogen-bond acceptors (Lipinski definition) is 3. The average Bonchev–Trinajstić information content (AvgIpc) is 2.31. The van der Waals surface area contributed by atoms with Gasteiger partial charge in [0.15, 0.2) is 0 Å². The van der Waals surface area contributed by atoms with Crippen LogP contribution in [0.5, 0.6) is 0 Å². The number of nitrogens with zero attached hydrogens (tertiary/aromatic N) is 1. The third-order valence-corrected chi connectivity index (χ3v) is 4.58. The normalized spacial score (nSPS) is 25.3. The monoisotopic (exact) mass is 228 g/mol. The van der Waals surface area contributed by atoms with Crippen LogP contribution in [0.15, 0.2) is 0 Å². The minimum atomic E-state index is -0.555. The maximum atomic E-state index is 10.8. The summed E-state index contributed by atoms with van der Waals surface area (Å²) in [7, 11) is 0. The fourth-order valence-electron chi connectivity index (χ4n) is 2.73. The largest absolute Gasteiger partial charge is 0.389 e. The quantitative estimate of drug-likeness (QED) is 0.751. The second-order valence-corrected chi connectivity index (χ2v) is 5.49. The van der Waals surface area contributed by atoms with Gasteiger partial charge in [-0.25, -0.2) is 0 Å². The van der Waals surface area contributed by atoms with Gasteiger partial charge in [0.05, 0.1) is 5.60 Å². The van der Waals surface area contributed by atoms with Gasteiger partial charge in [0.25, 0.3) is 0 Å². The van der Waals surface area contributed by atoms with Gasteiger partial charge in [-0.15, -0.1) is 0 Å². The van der Waals surface area contributed by atoms with Gasteiger partial charge in [-0.2, -0.15) is 0 Å². The lowest BCUT2D eigenvalue weighted by molar-refractivity contribution is -0.112. The van der Waals surface area contributed by atoms with Crippen molar-refractivity contribution >= 4 is 0 Å². The summed E-state index contributed by atoms with van der Waals surface area (Å²) in [4.78, 5) is 2.45. The van der Waals surface area contributed by atoms with Crippen molar-refractivity contribution in [3.63, 3.8) is 0 Å². The van der Waals surface area contributed by atoms with Crippen molar-refractivity contribution in [1.82, 2.24) is 4.90 Å². The smallest absolute Gasteiger partial charge is 0.0737 e. The van der Waals surface area contributed by atoms with E-state index in [1.807, 2.05) is 0 Å². The highest BCUT2D eigenvalue weighted by molar-refractivity contribution is 4.99. The predicted octanol–water partition coefficient (Wildman–Crippen LogP) is 1.60. The zero-order chi connectivity index (χ0) is 12.2. The van der Waals surface area contributed by atoms with E-state index in [2.05, 4.69) is 25.7 Å². The third kappa shape index (κ3) is 2.58. The van der Waals surface area contributed by atoms with Crippen LogP contribution in [0.2, 0.25) is 0 Å². The van der Waals surface area contributed by atoms with Gasteiger partial charge in [0, 0.05) is 25.0 Å². The average molecular weight is 228 g/mol. The highest BCUT2D eigenvalue weighted by atomic mass is 16.3. The molecule has 0 bridgehead atoms. The molecular weight excluding hydrogens is 200 g/mol. The summed E-state index contributed by atoms with van der Waals surface area (Å²) in [6.07, 6.45) is 3.89. The first kappa shape index (κ1) is 13.9. The molecule has 1 fully saturated rings. The molecule has 96 valence electrons. The Morgan fingerprint density at radius 2 is 1.88 bits per heavy atom. The van der Waals surface area contributed by atoms with Crippen molar-refractivity contribution in [3.8, 4) is 0 Å². The van der Waals surface area contributed by atoms with Crippen LogP contribution in [0, 0.1) is 5.41 Å². The summed E-state index contributed by atoms with van der Waals surface area (Å²) in [5.41, 5.74) is 5.18. The number of rotatable bonds is 5. The number of piperidine rings is 1. The van der Waals surface area contributed by atoms with Crippen molar-refractivity contribution in [2.24, 2.45) is 11.1 Å². The van der Waals surface area contributed by atoms with E-state index in [1.54, 1.807) is 0 Å². The van der Waals surface area contributed by atoms with E-state index in [-0.39, 0.29) is 5.41 Å². The van der Waals surface area contributed by atoms with Crippen LogP contribution in [0.1, 0.15) is 46.5 Å². The van der Waals surface area contributed by atoms with Crippen molar-refractivity contribution < 1.29 is 5.11 Å². The van der Waals surface area contributed by atoms with E-state index in [0.29, 0.717) is 6.54 Å². The van der Waals surface area contributed by atoms with E-state index < -0.39 is 5.60 Å². The Morgan fingerprint density at radius 3 is 2.25 bits per heavy atom. The molecule has 0 saturated carbocycles. The molecule has 3 nitrogen and oxygen atoms in total. The Morgan fingerprint density at radius 1 is 1.31 bits per heavy atom. The topological polar surface area (TPSA) is 49.5 Å². The SMILES string of the molecule is CCCN1CCC(O)(C(C)(CC)CN)CC1. The summed E-state index contributed by atoms with van der Waals surface area (Å²) >= 11 is 0. The van der Waals surface area contributed by atoms with Gasteiger partial charge in [0.2, 0.25) is 0 Å². The zero-order valence-electron chi connectivity index (χ0n) is 11.1. The summed E-state index contributed by atoms with van der Waals surface area (Å²) in [5, 5.41) is 10.8. The molecule has 3 N–H and O–H groups in total. The van der Waals surface area contributed by atoms with Gasteiger partial charge in [-0.1, -0.05) is 20.8 Å². The molecule has 1 atom stereocenters. The van der Waals surface area contributed by atoms with Crippen LogP contribution in [0.4, 0.5) is 0 Å². The summed E-state index contributed by atoms with van der Waals surface area (Å²) in [6.45, 7) is 10.2. The number of hydrogen-bond donors (Lipinski definition) is 2. The molecule has 1 unspecified atom stereocenters. The van der Waals surface area contributed by atoms with E-state index in [4.69, 9.17) is 5.73 Å². The van der Waals surface area contributed by atoms with Crippen LogP contribution in [-0.4, -0.2) is 41.8 Å². The summed E-state index contributed by atoms with van der Waals surface area (Å²) in [5.74, 6) is 0. The Bertz CT molecular complexity index is 206. The highest BCUT2D eigenvalue weighted by Gasteiger charge is 2.46. The maximum absolute atomic E-state index is 10.8. The molecule has 1 rings (SSSR count). The Hall–Kier alpha value is -0.120. The molecule has 0 amide bonds. The molecule has 0 aromatic heterocycles. The second-order valence-electron chi connectivity index (χ2n) is 5.49. The molecular formula is C13H28N2O. The molecule has 16 heavy (non-hydrogen) atoms. The maximum Gasteiger partial charge on any atom is 0.0737 e. The second kappa shape index (κ2) is 5.48. The minimum Gasteiger partial charge on any atom is -0.389 e. The fraction of sp³-hybridized carbons (Fsp3) is 1.00. The lowest BCUT2D eigenvalue weighted by Crippen LogP contribution is -2.56. The van der Waals surface area contributed by atoms with E-state index in [0.717, 1.165) is 38.9 Å². The Labute approximate surface area is 100 Å². The van der Waals surface area contributed by atoms with Gasteiger partial charge in [-0.3, -0.25) is 0 Å². The lowest BCUT2D eigenvalue weighted by Gasteiger charge is -2.49.